The number of aryl methyl sites for hydroxylation is 1. The first-order valence-corrected chi connectivity index (χ1v) is 9.53. The summed E-state index contributed by atoms with van der Waals surface area (Å²) in [4.78, 5) is 18.5. The van der Waals surface area contributed by atoms with Crippen molar-refractivity contribution in [3.8, 4) is 16.9 Å². The minimum absolute atomic E-state index is 0.0827. The van der Waals surface area contributed by atoms with E-state index in [4.69, 9.17) is 4.74 Å². The fourth-order valence-corrected chi connectivity index (χ4v) is 4.03. The fourth-order valence-electron chi connectivity index (χ4n) is 3.13. The molecular formula is C19H19N5O2S. The molecule has 0 amide bonds. The fraction of sp³-hybridized carbons (Fsp3) is 0.263. The highest BCUT2D eigenvalue weighted by atomic mass is 32.1. The molecule has 0 radical (unpaired) electrons. The van der Waals surface area contributed by atoms with Gasteiger partial charge in [0.2, 0.25) is 0 Å². The van der Waals surface area contributed by atoms with Gasteiger partial charge in [-0.1, -0.05) is 12.1 Å². The number of fused-ring (bicyclic) bond motifs is 1. The molecule has 0 aliphatic rings. The van der Waals surface area contributed by atoms with Gasteiger partial charge in [-0.05, 0) is 31.5 Å². The third kappa shape index (κ3) is 3.02. The number of benzene rings is 1. The predicted molar refractivity (Wildman–Crippen MR) is 105 cm³/mol. The smallest absolute Gasteiger partial charge is 0.263 e. The standard InChI is InChI=1S/C19H19N5O2S/c1-4-26-14-7-5-13(6-8-14)15-9-27-18-16(15)19(25)24(10-20-18)12(2)17-22-21-11-23(17)3/h5-12H,4H2,1-3H3/t12-/m1/s1. The topological polar surface area (TPSA) is 74.8 Å². The van der Waals surface area contributed by atoms with Crippen molar-refractivity contribution in [2.75, 3.05) is 6.61 Å². The highest BCUT2D eigenvalue weighted by Crippen LogP contribution is 2.32. The van der Waals surface area contributed by atoms with Gasteiger partial charge in [-0.25, -0.2) is 4.98 Å². The average molecular weight is 381 g/mol. The van der Waals surface area contributed by atoms with E-state index in [1.54, 1.807) is 17.2 Å². The maximum absolute atomic E-state index is 13.2. The summed E-state index contributed by atoms with van der Waals surface area (Å²) in [5.74, 6) is 1.52. The Labute approximate surface area is 159 Å². The van der Waals surface area contributed by atoms with Gasteiger partial charge in [0, 0.05) is 18.0 Å². The van der Waals surface area contributed by atoms with Crippen molar-refractivity contribution in [3.63, 3.8) is 0 Å². The van der Waals surface area contributed by atoms with E-state index in [1.807, 2.05) is 55.1 Å². The van der Waals surface area contributed by atoms with Crippen LogP contribution in [0.1, 0.15) is 25.7 Å². The highest BCUT2D eigenvalue weighted by Gasteiger charge is 2.19. The summed E-state index contributed by atoms with van der Waals surface area (Å²) in [6, 6.07) is 7.50. The van der Waals surface area contributed by atoms with Gasteiger partial charge in [-0.2, -0.15) is 0 Å². The van der Waals surface area contributed by atoms with E-state index in [0.29, 0.717) is 17.8 Å². The number of hydrogen-bond acceptors (Lipinski definition) is 6. The number of thiophene rings is 1. The Morgan fingerprint density at radius 1 is 1.22 bits per heavy atom. The zero-order valence-corrected chi connectivity index (χ0v) is 16.1. The van der Waals surface area contributed by atoms with Crippen LogP contribution < -0.4 is 10.3 Å². The number of ether oxygens (including phenoxy) is 1. The van der Waals surface area contributed by atoms with Gasteiger partial charge < -0.3 is 9.30 Å². The molecule has 0 bridgehead atoms. The number of aromatic nitrogens is 5. The monoisotopic (exact) mass is 381 g/mol. The molecule has 8 heteroatoms. The molecule has 27 heavy (non-hydrogen) atoms. The average Bonchev–Trinajstić information content (AvgIpc) is 3.29. The number of nitrogens with zero attached hydrogens (tertiary/aromatic N) is 5. The van der Waals surface area contributed by atoms with Crippen LogP contribution in [0.5, 0.6) is 5.75 Å². The molecule has 1 aromatic carbocycles. The molecule has 0 fully saturated rings. The molecule has 0 spiro atoms. The number of hydrogen-bond donors (Lipinski definition) is 0. The molecule has 0 saturated heterocycles. The normalized spacial score (nSPS) is 12.4. The summed E-state index contributed by atoms with van der Waals surface area (Å²) in [6.45, 7) is 4.49. The van der Waals surface area contributed by atoms with Crippen LogP contribution in [-0.4, -0.2) is 30.9 Å². The molecule has 4 aromatic rings. The van der Waals surface area contributed by atoms with E-state index in [0.717, 1.165) is 21.7 Å². The molecule has 3 aromatic heterocycles. The van der Waals surface area contributed by atoms with Crippen LogP contribution in [0.25, 0.3) is 21.3 Å². The molecule has 3 heterocycles. The van der Waals surface area contributed by atoms with Gasteiger partial charge in [-0.3, -0.25) is 9.36 Å². The largest absolute Gasteiger partial charge is 0.494 e. The van der Waals surface area contributed by atoms with Gasteiger partial charge in [0.1, 0.15) is 16.9 Å². The Morgan fingerprint density at radius 3 is 2.67 bits per heavy atom. The van der Waals surface area contributed by atoms with E-state index < -0.39 is 0 Å². The van der Waals surface area contributed by atoms with E-state index in [1.165, 1.54) is 11.3 Å². The first kappa shape index (κ1) is 17.4. The summed E-state index contributed by atoms with van der Waals surface area (Å²) in [6.07, 6.45) is 3.21. The van der Waals surface area contributed by atoms with Gasteiger partial charge >= 0.3 is 0 Å². The molecule has 0 aliphatic carbocycles. The zero-order chi connectivity index (χ0) is 19.0. The molecule has 1 atom stereocenters. The summed E-state index contributed by atoms with van der Waals surface area (Å²) < 4.78 is 8.92. The molecule has 0 aliphatic heterocycles. The SMILES string of the molecule is CCOc1ccc(-c2csc3ncn([C@H](C)c4nncn4C)c(=O)c23)cc1. The van der Waals surface area contributed by atoms with Crippen LogP contribution in [-0.2, 0) is 7.05 Å². The van der Waals surface area contributed by atoms with Crippen LogP contribution in [0.4, 0.5) is 0 Å². The van der Waals surface area contributed by atoms with Crippen LogP contribution in [0.2, 0.25) is 0 Å². The molecule has 7 nitrogen and oxygen atoms in total. The van der Waals surface area contributed by atoms with Crippen LogP contribution in [0.15, 0.2) is 47.1 Å². The second kappa shape index (κ2) is 6.96. The van der Waals surface area contributed by atoms with Crippen molar-refractivity contribution in [2.24, 2.45) is 7.05 Å². The summed E-state index contributed by atoms with van der Waals surface area (Å²) >= 11 is 1.47. The van der Waals surface area contributed by atoms with Crippen LogP contribution in [0.3, 0.4) is 0 Å². The third-order valence-electron chi connectivity index (χ3n) is 4.53. The summed E-state index contributed by atoms with van der Waals surface area (Å²) in [7, 11) is 1.86. The lowest BCUT2D eigenvalue weighted by molar-refractivity contribution is 0.340. The van der Waals surface area contributed by atoms with Crippen molar-refractivity contribution < 1.29 is 4.74 Å². The lowest BCUT2D eigenvalue weighted by Gasteiger charge is -2.14. The minimum atomic E-state index is -0.269. The van der Waals surface area contributed by atoms with Crippen molar-refractivity contribution in [3.05, 3.63) is 58.5 Å². The first-order chi connectivity index (χ1) is 13.1. The Morgan fingerprint density at radius 2 is 2.00 bits per heavy atom. The molecule has 4 rings (SSSR count). The molecule has 0 unspecified atom stereocenters. The molecular weight excluding hydrogens is 362 g/mol. The second-order valence-electron chi connectivity index (χ2n) is 6.22. The predicted octanol–water partition coefficient (Wildman–Crippen LogP) is 3.26. The maximum atomic E-state index is 13.2. The van der Waals surface area contributed by atoms with Crippen molar-refractivity contribution in [2.45, 2.75) is 19.9 Å². The van der Waals surface area contributed by atoms with Gasteiger partial charge in [0.15, 0.2) is 5.82 Å². The zero-order valence-electron chi connectivity index (χ0n) is 15.3. The van der Waals surface area contributed by atoms with Gasteiger partial charge in [0.25, 0.3) is 5.56 Å². The Balaban J connectivity index is 1.82. The maximum Gasteiger partial charge on any atom is 0.263 e. The number of rotatable bonds is 5. The Bertz CT molecular complexity index is 1140. The van der Waals surface area contributed by atoms with Gasteiger partial charge in [0.05, 0.1) is 24.4 Å². The van der Waals surface area contributed by atoms with Gasteiger partial charge in [-0.15, -0.1) is 21.5 Å². The van der Waals surface area contributed by atoms with Crippen LogP contribution >= 0.6 is 11.3 Å². The van der Waals surface area contributed by atoms with E-state index in [2.05, 4.69) is 15.2 Å². The molecule has 0 saturated carbocycles. The third-order valence-corrected chi connectivity index (χ3v) is 5.42. The van der Waals surface area contributed by atoms with Crippen molar-refractivity contribution in [1.29, 1.82) is 0 Å². The Hall–Kier alpha value is -3.00. The second-order valence-corrected chi connectivity index (χ2v) is 7.08. The summed E-state index contributed by atoms with van der Waals surface area (Å²) in [5, 5.41) is 10.6. The molecule has 0 N–H and O–H groups in total. The highest BCUT2D eigenvalue weighted by molar-refractivity contribution is 7.17. The van der Waals surface area contributed by atoms with E-state index in [9.17, 15) is 4.79 Å². The first-order valence-electron chi connectivity index (χ1n) is 8.65. The van der Waals surface area contributed by atoms with Crippen LogP contribution in [0, 0.1) is 0 Å². The lowest BCUT2D eigenvalue weighted by Crippen LogP contribution is -2.25. The summed E-state index contributed by atoms with van der Waals surface area (Å²) in [5.41, 5.74) is 1.77. The minimum Gasteiger partial charge on any atom is -0.494 e. The van der Waals surface area contributed by atoms with Crippen molar-refractivity contribution >= 4 is 21.6 Å². The van der Waals surface area contributed by atoms with Crippen molar-refractivity contribution in [1.82, 2.24) is 24.3 Å². The molecule has 138 valence electrons. The quantitative estimate of drug-likeness (QED) is 0.530. The van der Waals surface area contributed by atoms with E-state index >= 15 is 0 Å². The van der Waals surface area contributed by atoms with E-state index in [-0.39, 0.29) is 11.6 Å². The Kier molecular flexibility index (Phi) is 4.49. The lowest BCUT2D eigenvalue weighted by atomic mass is 10.1.